The van der Waals surface area contributed by atoms with Crippen molar-refractivity contribution >= 4 is 11.6 Å². The number of nitrogens with one attached hydrogen (secondary N) is 1. The second-order valence-electron chi connectivity index (χ2n) is 6.09. The van der Waals surface area contributed by atoms with Gasteiger partial charge in [-0.1, -0.05) is 12.1 Å². The van der Waals surface area contributed by atoms with Crippen LogP contribution in [0.25, 0.3) is 5.69 Å². The Morgan fingerprint density at radius 3 is 2.65 bits per heavy atom. The molecule has 5 nitrogen and oxygen atoms in total. The van der Waals surface area contributed by atoms with Crippen molar-refractivity contribution in [3.63, 3.8) is 0 Å². The zero-order chi connectivity index (χ0) is 18.7. The maximum atomic E-state index is 14.5. The third-order valence-electron chi connectivity index (χ3n) is 3.94. The first-order valence-corrected chi connectivity index (χ1v) is 8.20. The molecular weight excluding hydrogens is 333 g/mol. The highest BCUT2D eigenvalue weighted by molar-refractivity contribution is 6.04. The second-order valence-corrected chi connectivity index (χ2v) is 6.09. The van der Waals surface area contributed by atoms with E-state index in [-0.39, 0.29) is 5.91 Å². The molecule has 1 aromatic heterocycles. The molecule has 0 aliphatic rings. The van der Waals surface area contributed by atoms with Crippen LogP contribution in [0, 0.1) is 19.7 Å². The molecule has 1 amide bonds. The van der Waals surface area contributed by atoms with E-state index in [1.807, 2.05) is 26.0 Å². The lowest BCUT2D eigenvalue weighted by atomic mass is 10.1. The van der Waals surface area contributed by atoms with Crippen molar-refractivity contribution in [2.24, 2.45) is 0 Å². The molecule has 0 aliphatic heterocycles. The Morgan fingerprint density at radius 2 is 2.00 bits per heavy atom. The maximum absolute atomic E-state index is 14.5. The lowest BCUT2D eigenvalue weighted by Crippen LogP contribution is -2.13. The van der Waals surface area contributed by atoms with E-state index in [4.69, 9.17) is 4.74 Å². The summed E-state index contributed by atoms with van der Waals surface area (Å²) in [6.45, 7) is 4.14. The van der Waals surface area contributed by atoms with Gasteiger partial charge in [-0.15, -0.1) is 0 Å². The highest BCUT2D eigenvalue weighted by Crippen LogP contribution is 2.20. The highest BCUT2D eigenvalue weighted by atomic mass is 19.1. The lowest BCUT2D eigenvalue weighted by Gasteiger charge is -2.10. The lowest BCUT2D eigenvalue weighted by molar-refractivity contribution is 0.102. The summed E-state index contributed by atoms with van der Waals surface area (Å²) in [5.74, 6) is -0.761. The van der Waals surface area contributed by atoms with Gasteiger partial charge in [-0.05, 0) is 55.8 Å². The van der Waals surface area contributed by atoms with Crippen LogP contribution in [-0.2, 0) is 11.3 Å². The Bertz CT molecular complexity index is 950. The first-order valence-electron chi connectivity index (χ1n) is 8.20. The molecule has 0 fully saturated rings. The van der Waals surface area contributed by atoms with Crippen molar-refractivity contribution in [2.75, 3.05) is 12.4 Å². The largest absolute Gasteiger partial charge is 0.380 e. The zero-order valence-electron chi connectivity index (χ0n) is 14.9. The fraction of sp³-hybridized carbons (Fsp3) is 0.200. The van der Waals surface area contributed by atoms with Gasteiger partial charge in [-0.3, -0.25) is 4.79 Å². The fourth-order valence-corrected chi connectivity index (χ4v) is 2.80. The monoisotopic (exact) mass is 353 g/mol. The number of halogens is 1. The summed E-state index contributed by atoms with van der Waals surface area (Å²) in [6.07, 6.45) is 0. The number of rotatable bonds is 5. The van der Waals surface area contributed by atoms with Gasteiger partial charge < -0.3 is 10.1 Å². The van der Waals surface area contributed by atoms with E-state index in [9.17, 15) is 9.18 Å². The van der Waals surface area contributed by atoms with E-state index in [0.29, 0.717) is 23.5 Å². The molecule has 134 valence electrons. The van der Waals surface area contributed by atoms with E-state index < -0.39 is 5.82 Å². The number of anilines is 1. The van der Waals surface area contributed by atoms with Crippen LogP contribution in [0.15, 0.2) is 48.5 Å². The van der Waals surface area contributed by atoms with Gasteiger partial charge in [0.1, 0.15) is 5.69 Å². The third-order valence-corrected chi connectivity index (χ3v) is 3.94. The third kappa shape index (κ3) is 3.81. The summed E-state index contributed by atoms with van der Waals surface area (Å²) in [4.78, 5) is 12.4. The predicted molar refractivity (Wildman–Crippen MR) is 98.1 cm³/mol. The predicted octanol–water partition coefficient (Wildman–Crippen LogP) is 4.03. The number of aromatic nitrogens is 2. The molecule has 0 bridgehead atoms. The van der Waals surface area contributed by atoms with Crippen molar-refractivity contribution < 1.29 is 13.9 Å². The van der Waals surface area contributed by atoms with Crippen LogP contribution < -0.4 is 5.32 Å². The molecule has 0 radical (unpaired) electrons. The average molecular weight is 353 g/mol. The number of ether oxygens (including phenoxy) is 1. The molecule has 0 unspecified atom stereocenters. The van der Waals surface area contributed by atoms with E-state index in [2.05, 4.69) is 10.4 Å². The zero-order valence-corrected chi connectivity index (χ0v) is 14.9. The minimum absolute atomic E-state index is 0.304. The molecule has 6 heteroatoms. The Kier molecular flexibility index (Phi) is 5.14. The molecule has 1 N–H and O–H groups in total. The van der Waals surface area contributed by atoms with Crippen molar-refractivity contribution in [1.82, 2.24) is 9.78 Å². The molecule has 2 aromatic carbocycles. The SMILES string of the molecule is COCc1cccc(C(=O)Nc2ccc(-n3nc(C)cc3C)c(F)c2)c1. The average Bonchev–Trinajstić information content (AvgIpc) is 2.94. The number of amides is 1. The smallest absolute Gasteiger partial charge is 0.255 e. The summed E-state index contributed by atoms with van der Waals surface area (Å²) in [5, 5.41) is 7.00. The molecule has 3 rings (SSSR count). The number of hydrogen-bond donors (Lipinski definition) is 1. The van der Waals surface area contributed by atoms with Crippen LogP contribution in [0.3, 0.4) is 0 Å². The van der Waals surface area contributed by atoms with E-state index in [1.165, 1.54) is 6.07 Å². The van der Waals surface area contributed by atoms with Crippen LogP contribution >= 0.6 is 0 Å². The van der Waals surface area contributed by atoms with Gasteiger partial charge in [-0.2, -0.15) is 5.10 Å². The summed E-state index contributed by atoms with van der Waals surface area (Å²) in [6, 6.07) is 13.6. The fourth-order valence-electron chi connectivity index (χ4n) is 2.80. The Morgan fingerprint density at radius 1 is 1.19 bits per heavy atom. The molecular formula is C20H20FN3O2. The summed E-state index contributed by atoms with van der Waals surface area (Å²) in [5.41, 5.74) is 3.77. The summed E-state index contributed by atoms with van der Waals surface area (Å²) in [7, 11) is 1.60. The number of nitrogens with zero attached hydrogens (tertiary/aromatic N) is 2. The van der Waals surface area contributed by atoms with Crippen LogP contribution in [0.2, 0.25) is 0 Å². The van der Waals surface area contributed by atoms with Gasteiger partial charge in [0.25, 0.3) is 5.91 Å². The van der Waals surface area contributed by atoms with Crippen molar-refractivity contribution in [3.8, 4) is 5.69 Å². The molecule has 0 aliphatic carbocycles. The van der Waals surface area contributed by atoms with Crippen molar-refractivity contribution in [1.29, 1.82) is 0 Å². The molecule has 1 heterocycles. The van der Waals surface area contributed by atoms with Crippen LogP contribution in [0.1, 0.15) is 27.3 Å². The normalized spacial score (nSPS) is 10.8. The van der Waals surface area contributed by atoms with Crippen molar-refractivity contribution in [2.45, 2.75) is 20.5 Å². The number of methoxy groups -OCH3 is 1. The van der Waals surface area contributed by atoms with Gasteiger partial charge in [0.15, 0.2) is 5.82 Å². The quantitative estimate of drug-likeness (QED) is 0.753. The van der Waals surface area contributed by atoms with Gasteiger partial charge >= 0.3 is 0 Å². The number of hydrogen-bond acceptors (Lipinski definition) is 3. The summed E-state index contributed by atoms with van der Waals surface area (Å²) >= 11 is 0. The second kappa shape index (κ2) is 7.49. The molecule has 26 heavy (non-hydrogen) atoms. The van der Waals surface area contributed by atoms with Crippen LogP contribution in [-0.4, -0.2) is 22.8 Å². The van der Waals surface area contributed by atoms with E-state index in [1.54, 1.807) is 42.1 Å². The van der Waals surface area contributed by atoms with Gasteiger partial charge in [-0.25, -0.2) is 9.07 Å². The van der Waals surface area contributed by atoms with E-state index >= 15 is 0 Å². The number of carbonyl (C=O) groups is 1. The first-order chi connectivity index (χ1) is 12.5. The molecule has 0 saturated heterocycles. The number of benzene rings is 2. The Hall–Kier alpha value is -2.99. The number of aryl methyl sites for hydroxylation is 2. The maximum Gasteiger partial charge on any atom is 0.255 e. The molecule has 0 spiro atoms. The van der Waals surface area contributed by atoms with Crippen LogP contribution in [0.5, 0.6) is 0 Å². The summed E-state index contributed by atoms with van der Waals surface area (Å²) < 4.78 is 21.1. The number of carbonyl (C=O) groups excluding carboxylic acids is 1. The van der Waals surface area contributed by atoms with Crippen molar-refractivity contribution in [3.05, 3.63) is 76.9 Å². The van der Waals surface area contributed by atoms with Gasteiger partial charge in [0.2, 0.25) is 0 Å². The standard InChI is InChI=1S/C20H20FN3O2/c1-13-9-14(2)24(23-13)19-8-7-17(11-18(19)21)22-20(25)16-6-4-5-15(10-16)12-26-3/h4-11H,12H2,1-3H3,(H,22,25). The topological polar surface area (TPSA) is 56.1 Å². The van der Waals surface area contributed by atoms with Gasteiger partial charge in [0.05, 0.1) is 12.3 Å². The van der Waals surface area contributed by atoms with E-state index in [0.717, 1.165) is 17.0 Å². The molecule has 0 atom stereocenters. The Labute approximate surface area is 151 Å². The molecule has 3 aromatic rings. The minimum atomic E-state index is -0.456. The highest BCUT2D eigenvalue weighted by Gasteiger charge is 2.12. The Balaban J connectivity index is 1.80. The van der Waals surface area contributed by atoms with Gasteiger partial charge in [0, 0.05) is 24.1 Å². The molecule has 0 saturated carbocycles. The minimum Gasteiger partial charge on any atom is -0.380 e. The van der Waals surface area contributed by atoms with Crippen LogP contribution in [0.4, 0.5) is 10.1 Å². The first kappa shape index (κ1) is 17.8.